The molecule has 3 aromatic rings. The van der Waals surface area contributed by atoms with Crippen LogP contribution in [0.1, 0.15) is 23.2 Å². The van der Waals surface area contributed by atoms with E-state index in [4.69, 9.17) is 16.3 Å². The summed E-state index contributed by atoms with van der Waals surface area (Å²) in [6.07, 6.45) is 2.36. The number of benzene rings is 2. The van der Waals surface area contributed by atoms with Crippen LogP contribution in [-0.4, -0.2) is 35.6 Å². The number of methoxy groups -OCH3 is 1. The Bertz CT molecular complexity index is 1120. The Kier molecular flexibility index (Phi) is 8.84. The number of amides is 1. The fourth-order valence-electron chi connectivity index (χ4n) is 3.52. The van der Waals surface area contributed by atoms with E-state index in [-0.39, 0.29) is 5.91 Å². The molecule has 0 saturated heterocycles. The van der Waals surface area contributed by atoms with Crippen LogP contribution in [0.4, 0.5) is 0 Å². The number of para-hydroxylation sites is 1. The number of likely N-dealkylation sites (N-methyl/N-ethyl adjacent to an activating group) is 1. The first-order valence-electron chi connectivity index (χ1n) is 10.5. The number of carbonyl (C=O) groups is 1. The van der Waals surface area contributed by atoms with Gasteiger partial charge in [-0.05, 0) is 55.1 Å². The molecule has 1 unspecified atom stereocenters. The molecule has 1 aromatic heterocycles. The van der Waals surface area contributed by atoms with Gasteiger partial charge in [0.25, 0.3) is 0 Å². The maximum absolute atomic E-state index is 13.5. The molecule has 1 amide bonds. The van der Waals surface area contributed by atoms with Crippen molar-refractivity contribution in [2.45, 2.75) is 37.4 Å². The summed E-state index contributed by atoms with van der Waals surface area (Å²) in [7, 11) is 3.41. The van der Waals surface area contributed by atoms with Crippen molar-refractivity contribution in [2.24, 2.45) is 0 Å². The third-order valence-corrected chi connectivity index (χ3v) is 6.92. The Morgan fingerprint density at radius 1 is 1.24 bits per heavy atom. The van der Waals surface area contributed by atoms with Gasteiger partial charge in [0.1, 0.15) is 17.5 Å². The van der Waals surface area contributed by atoms with Crippen LogP contribution >= 0.6 is 23.5 Å². The number of halogens is 1. The topological polar surface area (TPSA) is 70.3 Å². The van der Waals surface area contributed by atoms with Gasteiger partial charge in [-0.25, -0.2) is 4.72 Å². The van der Waals surface area contributed by atoms with Crippen molar-refractivity contribution in [3.05, 3.63) is 82.6 Å². The molecule has 0 radical (unpaired) electrons. The zero-order valence-electron chi connectivity index (χ0n) is 18.9. The van der Waals surface area contributed by atoms with E-state index in [2.05, 4.69) is 10.8 Å². The van der Waals surface area contributed by atoms with Gasteiger partial charge in [0.2, 0.25) is 5.91 Å². The van der Waals surface area contributed by atoms with Gasteiger partial charge in [-0.1, -0.05) is 41.9 Å². The van der Waals surface area contributed by atoms with Crippen molar-refractivity contribution in [3.63, 3.8) is 0 Å². The highest BCUT2D eigenvalue weighted by Gasteiger charge is 2.24. The third kappa shape index (κ3) is 6.32. The molecule has 33 heavy (non-hydrogen) atoms. The SMILES string of the molecule is COc1ccccc1CN(C)C(=O)C(CCn1cccc1C#N)NSc1c(C)cccc1Cl. The Morgan fingerprint density at radius 3 is 2.76 bits per heavy atom. The predicted molar refractivity (Wildman–Crippen MR) is 132 cm³/mol. The lowest BCUT2D eigenvalue weighted by Crippen LogP contribution is -2.43. The molecular weight excluding hydrogens is 456 g/mol. The molecule has 0 bridgehead atoms. The molecule has 1 heterocycles. The average molecular weight is 483 g/mol. The van der Waals surface area contributed by atoms with Gasteiger partial charge >= 0.3 is 0 Å². The van der Waals surface area contributed by atoms with Gasteiger partial charge in [-0.3, -0.25) is 4.79 Å². The molecule has 0 aliphatic carbocycles. The molecule has 8 heteroatoms. The first kappa shape index (κ1) is 24.7. The Morgan fingerprint density at radius 2 is 2.03 bits per heavy atom. The largest absolute Gasteiger partial charge is 0.496 e. The lowest BCUT2D eigenvalue weighted by molar-refractivity contribution is -0.132. The number of rotatable bonds is 10. The maximum Gasteiger partial charge on any atom is 0.240 e. The second kappa shape index (κ2) is 11.8. The minimum absolute atomic E-state index is 0.0521. The van der Waals surface area contributed by atoms with E-state index in [0.717, 1.165) is 21.8 Å². The van der Waals surface area contributed by atoms with Gasteiger partial charge in [0.05, 0.1) is 18.2 Å². The van der Waals surface area contributed by atoms with Crippen LogP contribution < -0.4 is 9.46 Å². The summed E-state index contributed by atoms with van der Waals surface area (Å²) in [5, 5.41) is 9.94. The highest BCUT2D eigenvalue weighted by atomic mass is 35.5. The molecule has 1 N–H and O–H groups in total. The lowest BCUT2D eigenvalue weighted by Gasteiger charge is -2.25. The fraction of sp³-hybridized carbons (Fsp3) is 0.280. The second-order valence-corrected chi connectivity index (χ2v) is 8.91. The standard InChI is InChI=1S/C25H27ClN4O2S/c1-18-8-6-11-21(26)24(18)33-28-22(13-15-30-14-7-10-20(30)16-27)25(31)29(2)17-19-9-4-5-12-23(19)32-3/h4-12,14,22,28H,13,15,17H2,1-3H3. The predicted octanol–water partition coefficient (Wildman–Crippen LogP) is 5.04. The number of aromatic nitrogens is 1. The van der Waals surface area contributed by atoms with Crippen molar-refractivity contribution >= 4 is 29.5 Å². The normalized spacial score (nSPS) is 11.6. The van der Waals surface area contributed by atoms with Gasteiger partial charge in [0.15, 0.2) is 0 Å². The molecule has 0 fully saturated rings. The zero-order valence-corrected chi connectivity index (χ0v) is 20.5. The third-order valence-electron chi connectivity index (χ3n) is 5.34. The van der Waals surface area contributed by atoms with Gasteiger partial charge in [-0.15, -0.1) is 0 Å². The molecule has 1 atom stereocenters. The van der Waals surface area contributed by atoms with E-state index < -0.39 is 6.04 Å². The van der Waals surface area contributed by atoms with Crippen LogP contribution in [0.15, 0.2) is 65.7 Å². The van der Waals surface area contributed by atoms with Gasteiger partial charge in [-0.2, -0.15) is 5.26 Å². The number of nitrogens with zero attached hydrogens (tertiary/aromatic N) is 3. The maximum atomic E-state index is 13.5. The summed E-state index contributed by atoms with van der Waals surface area (Å²) in [4.78, 5) is 16.0. The molecule has 0 saturated carbocycles. The first-order chi connectivity index (χ1) is 15.9. The number of ether oxygens (including phenoxy) is 1. The summed E-state index contributed by atoms with van der Waals surface area (Å²) in [5.74, 6) is 0.692. The van der Waals surface area contributed by atoms with Crippen LogP contribution in [0.2, 0.25) is 5.02 Å². The van der Waals surface area contributed by atoms with Crippen LogP contribution in [-0.2, 0) is 17.9 Å². The summed E-state index contributed by atoms with van der Waals surface area (Å²) in [6, 6.07) is 18.7. The van der Waals surface area contributed by atoms with Crippen LogP contribution in [0.5, 0.6) is 5.75 Å². The summed E-state index contributed by atoms with van der Waals surface area (Å²) >= 11 is 7.74. The monoisotopic (exact) mass is 482 g/mol. The minimum Gasteiger partial charge on any atom is -0.496 e. The summed E-state index contributed by atoms with van der Waals surface area (Å²) in [5.41, 5.74) is 2.53. The van der Waals surface area contributed by atoms with E-state index in [0.29, 0.717) is 30.2 Å². The molecule has 0 aliphatic heterocycles. The van der Waals surface area contributed by atoms with E-state index in [1.807, 2.05) is 66.2 Å². The second-order valence-electron chi connectivity index (χ2n) is 7.65. The Hall–Kier alpha value is -2.92. The highest BCUT2D eigenvalue weighted by Crippen LogP contribution is 2.29. The number of nitrogens with one attached hydrogen (secondary N) is 1. The van der Waals surface area contributed by atoms with Crippen LogP contribution in [0.25, 0.3) is 0 Å². The van der Waals surface area contributed by atoms with Crippen molar-refractivity contribution < 1.29 is 9.53 Å². The molecule has 6 nitrogen and oxygen atoms in total. The summed E-state index contributed by atoms with van der Waals surface area (Å²) < 4.78 is 10.6. The van der Waals surface area contributed by atoms with Crippen molar-refractivity contribution in [1.82, 2.24) is 14.2 Å². The first-order valence-corrected chi connectivity index (χ1v) is 11.7. The number of hydrogen-bond donors (Lipinski definition) is 1. The molecular formula is C25H27ClN4O2S. The molecule has 172 valence electrons. The lowest BCUT2D eigenvalue weighted by atomic mass is 10.1. The van der Waals surface area contributed by atoms with Gasteiger partial charge < -0.3 is 14.2 Å². The Balaban J connectivity index is 1.77. The van der Waals surface area contributed by atoms with Crippen molar-refractivity contribution in [1.29, 1.82) is 5.26 Å². The molecule has 0 spiro atoms. The van der Waals surface area contributed by atoms with Crippen LogP contribution in [0.3, 0.4) is 0 Å². The van der Waals surface area contributed by atoms with E-state index >= 15 is 0 Å². The number of carbonyl (C=O) groups excluding carboxylic acids is 1. The number of aryl methyl sites for hydroxylation is 2. The molecule has 0 aliphatic rings. The highest BCUT2D eigenvalue weighted by molar-refractivity contribution is 7.97. The van der Waals surface area contributed by atoms with Crippen LogP contribution in [0, 0.1) is 18.3 Å². The zero-order chi connectivity index (χ0) is 23.8. The summed E-state index contributed by atoms with van der Waals surface area (Å²) in [6.45, 7) is 2.94. The minimum atomic E-state index is -0.487. The smallest absolute Gasteiger partial charge is 0.240 e. The quantitative estimate of drug-likeness (QED) is 0.410. The molecule has 3 rings (SSSR count). The number of nitriles is 1. The Labute approximate surface area is 204 Å². The van der Waals surface area contributed by atoms with E-state index in [9.17, 15) is 10.1 Å². The van der Waals surface area contributed by atoms with E-state index in [1.54, 1.807) is 25.1 Å². The van der Waals surface area contributed by atoms with Crippen molar-refractivity contribution in [2.75, 3.05) is 14.2 Å². The fourth-order valence-corrected chi connectivity index (χ4v) is 4.73. The van der Waals surface area contributed by atoms with Gasteiger partial charge in [0, 0.05) is 36.8 Å². The number of hydrogen-bond acceptors (Lipinski definition) is 5. The average Bonchev–Trinajstić information content (AvgIpc) is 3.28. The molecule has 2 aromatic carbocycles. The van der Waals surface area contributed by atoms with E-state index in [1.165, 1.54) is 11.9 Å². The van der Waals surface area contributed by atoms with Crippen molar-refractivity contribution in [3.8, 4) is 11.8 Å².